The fraction of sp³-hybridized carbons (Fsp3) is 0.258. The Labute approximate surface area is 249 Å². The van der Waals surface area contributed by atoms with Crippen LogP contribution < -0.4 is 28.4 Å². The lowest BCUT2D eigenvalue weighted by Gasteiger charge is -2.29. The molecule has 0 aromatic heterocycles. The van der Waals surface area contributed by atoms with Crippen LogP contribution in [0.15, 0.2) is 64.6 Å². The second kappa shape index (κ2) is 13.2. The highest BCUT2D eigenvalue weighted by Gasteiger charge is 2.34. The summed E-state index contributed by atoms with van der Waals surface area (Å²) in [6.07, 6.45) is 3.14. The molecule has 0 radical (unpaired) electrons. The number of sulfonamides is 1. The Bertz CT molecular complexity index is 1550. The predicted octanol–water partition coefficient (Wildman–Crippen LogP) is 4.62. The molecule has 0 unspecified atom stereocenters. The summed E-state index contributed by atoms with van der Waals surface area (Å²) < 4.78 is 74.7. The topological polar surface area (TPSA) is 110 Å². The quantitative estimate of drug-likeness (QED) is 0.303. The van der Waals surface area contributed by atoms with Gasteiger partial charge in [-0.1, -0.05) is 0 Å². The van der Waals surface area contributed by atoms with Crippen LogP contribution in [0.2, 0.25) is 0 Å². The highest BCUT2D eigenvalue weighted by atomic mass is 32.2. The number of hydrogen-bond acceptors (Lipinski definition) is 9. The molecule has 228 valence electrons. The van der Waals surface area contributed by atoms with Crippen molar-refractivity contribution in [3.05, 3.63) is 76.6 Å². The number of ether oxygens (including phenoxy) is 6. The number of ketones is 1. The van der Waals surface area contributed by atoms with Gasteiger partial charge in [0.05, 0.1) is 47.6 Å². The van der Waals surface area contributed by atoms with Gasteiger partial charge in [-0.25, -0.2) is 12.8 Å². The summed E-state index contributed by atoms with van der Waals surface area (Å²) in [5.74, 6) is 1.24. The Kier molecular flexibility index (Phi) is 9.62. The first-order valence-electron chi connectivity index (χ1n) is 12.9. The smallest absolute Gasteiger partial charge is 0.243 e. The van der Waals surface area contributed by atoms with Crippen molar-refractivity contribution in [3.63, 3.8) is 0 Å². The molecule has 10 nitrogen and oxygen atoms in total. The molecule has 4 rings (SSSR count). The van der Waals surface area contributed by atoms with Crippen LogP contribution >= 0.6 is 0 Å². The minimum atomic E-state index is -4.13. The van der Waals surface area contributed by atoms with E-state index in [1.54, 1.807) is 36.4 Å². The number of hydrogen-bond donors (Lipinski definition) is 0. The number of benzene rings is 3. The average Bonchev–Trinajstić information content (AvgIpc) is 3.01. The van der Waals surface area contributed by atoms with Gasteiger partial charge in [-0.15, -0.1) is 0 Å². The van der Waals surface area contributed by atoms with Gasteiger partial charge in [0.1, 0.15) is 5.82 Å². The van der Waals surface area contributed by atoms with Crippen LogP contribution in [0, 0.1) is 5.82 Å². The first kappa shape index (κ1) is 31.4. The molecule has 0 spiro atoms. The van der Waals surface area contributed by atoms with Gasteiger partial charge in [0.2, 0.25) is 21.5 Å². The second-order valence-electron chi connectivity index (χ2n) is 9.31. The maximum Gasteiger partial charge on any atom is 0.243 e. The van der Waals surface area contributed by atoms with E-state index in [1.165, 1.54) is 54.8 Å². The normalized spacial score (nSPS) is 15.8. The number of halogens is 1. The van der Waals surface area contributed by atoms with Crippen LogP contribution in [-0.4, -0.2) is 74.3 Å². The molecule has 1 heterocycles. The van der Waals surface area contributed by atoms with Crippen molar-refractivity contribution in [2.45, 2.75) is 4.90 Å². The maximum atomic E-state index is 13.9. The molecular weight excluding hydrogens is 581 g/mol. The maximum absolute atomic E-state index is 13.9. The lowest BCUT2D eigenvalue weighted by molar-refractivity contribution is -0.113. The summed E-state index contributed by atoms with van der Waals surface area (Å²) in [6.45, 7) is -0.469. The lowest BCUT2D eigenvalue weighted by atomic mass is 9.95. The third kappa shape index (κ3) is 6.45. The van der Waals surface area contributed by atoms with E-state index in [2.05, 4.69) is 0 Å². The van der Waals surface area contributed by atoms with Gasteiger partial charge in [0, 0.05) is 24.2 Å². The number of nitrogens with zero attached hydrogens (tertiary/aromatic N) is 1. The van der Waals surface area contributed by atoms with Crippen molar-refractivity contribution in [2.75, 3.05) is 55.7 Å². The van der Waals surface area contributed by atoms with Gasteiger partial charge in [0.15, 0.2) is 28.8 Å². The van der Waals surface area contributed by atoms with E-state index in [0.717, 1.165) is 16.4 Å². The molecule has 1 aliphatic rings. The summed E-state index contributed by atoms with van der Waals surface area (Å²) >= 11 is 0. The fourth-order valence-electron chi connectivity index (χ4n) is 4.71. The molecule has 0 N–H and O–H groups in total. The fourth-order valence-corrected chi connectivity index (χ4v) is 6.10. The molecule has 0 aliphatic carbocycles. The van der Waals surface area contributed by atoms with E-state index >= 15 is 0 Å². The number of carbonyl (C=O) groups excluding carboxylic acids is 1. The molecule has 12 heteroatoms. The van der Waals surface area contributed by atoms with Gasteiger partial charge >= 0.3 is 0 Å². The Balaban J connectivity index is 1.88. The molecule has 0 saturated carbocycles. The van der Waals surface area contributed by atoms with Crippen molar-refractivity contribution >= 4 is 28.0 Å². The molecule has 0 atom stereocenters. The van der Waals surface area contributed by atoms with Gasteiger partial charge in [-0.05, 0) is 71.8 Å². The van der Waals surface area contributed by atoms with Crippen LogP contribution in [0.25, 0.3) is 12.2 Å². The van der Waals surface area contributed by atoms with Gasteiger partial charge < -0.3 is 28.4 Å². The molecule has 0 amide bonds. The lowest BCUT2D eigenvalue weighted by Crippen LogP contribution is -2.41. The van der Waals surface area contributed by atoms with E-state index in [9.17, 15) is 17.6 Å². The van der Waals surface area contributed by atoms with E-state index in [-0.39, 0.29) is 34.9 Å². The first-order chi connectivity index (χ1) is 20.6. The molecular formula is C31H32FNO9S. The summed E-state index contributed by atoms with van der Waals surface area (Å²) in [7, 11) is 4.69. The van der Waals surface area contributed by atoms with Crippen LogP contribution in [0.1, 0.15) is 11.1 Å². The molecule has 0 bridgehead atoms. The Morgan fingerprint density at radius 1 is 0.651 bits per heavy atom. The monoisotopic (exact) mass is 613 g/mol. The first-order valence-corrected chi connectivity index (χ1v) is 14.4. The van der Waals surface area contributed by atoms with Crippen molar-refractivity contribution in [2.24, 2.45) is 0 Å². The van der Waals surface area contributed by atoms with E-state index in [4.69, 9.17) is 28.4 Å². The van der Waals surface area contributed by atoms with Crippen molar-refractivity contribution in [1.29, 1.82) is 0 Å². The summed E-state index contributed by atoms with van der Waals surface area (Å²) in [5.41, 5.74) is 1.41. The van der Waals surface area contributed by atoms with Crippen molar-refractivity contribution in [1.82, 2.24) is 4.31 Å². The van der Waals surface area contributed by atoms with Gasteiger partial charge in [-0.3, -0.25) is 4.79 Å². The third-order valence-electron chi connectivity index (χ3n) is 6.78. The SMILES string of the molecule is COc1cc(/C=C2\CN(S(=O)(=O)c3ccc(F)cc3)C/C(=C\c3cc(OC)c(OC)c(OC)c3)C2=O)cc(OC)c1OC. The standard InChI is InChI=1S/C31H32FNO9S/c1-37-25-13-19(14-26(38-2)30(25)41-5)11-21-17-33(43(35,36)24-9-7-23(32)8-10-24)18-22(29(21)34)12-20-15-27(39-3)31(42-6)28(16-20)40-4/h7-16H,17-18H2,1-6H3/b21-11+,22-12+. The molecule has 43 heavy (non-hydrogen) atoms. The van der Waals surface area contributed by atoms with Crippen LogP contribution in [0.5, 0.6) is 34.5 Å². The zero-order valence-corrected chi connectivity index (χ0v) is 25.4. The minimum Gasteiger partial charge on any atom is -0.493 e. The van der Waals surface area contributed by atoms with Crippen molar-refractivity contribution < 1.29 is 46.0 Å². The highest BCUT2D eigenvalue weighted by molar-refractivity contribution is 7.89. The number of piperidine rings is 1. The van der Waals surface area contributed by atoms with Crippen LogP contribution in [0.3, 0.4) is 0 Å². The predicted molar refractivity (Wildman–Crippen MR) is 158 cm³/mol. The molecule has 1 fully saturated rings. The van der Waals surface area contributed by atoms with Crippen molar-refractivity contribution in [3.8, 4) is 34.5 Å². The third-order valence-corrected chi connectivity index (χ3v) is 8.59. The molecule has 1 aliphatic heterocycles. The highest BCUT2D eigenvalue weighted by Crippen LogP contribution is 2.40. The molecule has 3 aromatic rings. The molecule has 1 saturated heterocycles. The van der Waals surface area contributed by atoms with Gasteiger partial charge in [0.25, 0.3) is 0 Å². The molecule has 3 aromatic carbocycles. The van der Waals surface area contributed by atoms with Crippen LogP contribution in [-0.2, 0) is 14.8 Å². The number of rotatable bonds is 10. The Morgan fingerprint density at radius 3 is 1.35 bits per heavy atom. The Morgan fingerprint density at radius 2 is 1.02 bits per heavy atom. The zero-order valence-electron chi connectivity index (χ0n) is 24.6. The number of Topliss-reactive ketones (excluding diaryl/α,β-unsaturated/α-hetero) is 1. The minimum absolute atomic E-state index is 0.109. The van der Waals surface area contributed by atoms with Gasteiger partial charge in [-0.2, -0.15) is 4.31 Å². The Hall–Kier alpha value is -4.55. The summed E-state index contributed by atoms with van der Waals surface area (Å²) in [4.78, 5) is 13.8. The zero-order chi connectivity index (χ0) is 31.3. The second-order valence-corrected chi connectivity index (χ2v) is 11.3. The van der Waals surface area contributed by atoms with Crippen LogP contribution in [0.4, 0.5) is 4.39 Å². The summed E-state index contributed by atoms with van der Waals surface area (Å²) in [5, 5.41) is 0. The van der Waals surface area contributed by atoms with E-state index in [0.29, 0.717) is 45.6 Å². The number of methoxy groups -OCH3 is 6. The van der Waals surface area contributed by atoms with E-state index in [1.807, 2.05) is 0 Å². The largest absolute Gasteiger partial charge is 0.493 e. The number of carbonyl (C=O) groups is 1. The average molecular weight is 614 g/mol. The van der Waals surface area contributed by atoms with E-state index < -0.39 is 15.8 Å². The summed E-state index contributed by atoms with van der Waals surface area (Å²) in [6, 6.07) is 11.1.